The van der Waals surface area contributed by atoms with Gasteiger partial charge in [-0.3, -0.25) is 0 Å². The lowest BCUT2D eigenvalue weighted by atomic mass is 10.1. The Morgan fingerprint density at radius 3 is 2.94 bits per heavy atom. The third-order valence-electron chi connectivity index (χ3n) is 3.40. The molecule has 1 saturated carbocycles. The third kappa shape index (κ3) is 1.37. The fourth-order valence-electron chi connectivity index (χ4n) is 2.05. The molecule has 1 aromatic heterocycles. The van der Waals surface area contributed by atoms with Crippen LogP contribution in [0.2, 0.25) is 0 Å². The Bertz CT molecular complexity index is 555. The van der Waals surface area contributed by atoms with Gasteiger partial charge in [0.25, 0.3) is 0 Å². The van der Waals surface area contributed by atoms with Crippen molar-refractivity contribution in [3.05, 3.63) is 24.0 Å². The summed E-state index contributed by atoms with van der Waals surface area (Å²) in [5.41, 5.74) is 7.35. The van der Waals surface area contributed by atoms with Crippen LogP contribution in [-0.2, 0) is 6.54 Å². The molecule has 1 heterocycles. The number of para-hydroxylation sites is 1. The van der Waals surface area contributed by atoms with E-state index in [0.29, 0.717) is 16.9 Å². The summed E-state index contributed by atoms with van der Waals surface area (Å²) < 4.78 is 15.4. The first-order valence-corrected chi connectivity index (χ1v) is 5.49. The van der Waals surface area contributed by atoms with E-state index >= 15 is 0 Å². The molecule has 0 amide bonds. The van der Waals surface area contributed by atoms with Crippen LogP contribution in [0.3, 0.4) is 0 Å². The highest BCUT2D eigenvalue weighted by Gasteiger charge is 2.38. The molecule has 0 bridgehead atoms. The number of anilines is 1. The maximum atomic E-state index is 13.5. The van der Waals surface area contributed by atoms with E-state index < -0.39 is 0 Å². The lowest BCUT2D eigenvalue weighted by Gasteiger charge is -2.11. The minimum atomic E-state index is -0.302. The van der Waals surface area contributed by atoms with Gasteiger partial charge >= 0.3 is 0 Å². The van der Waals surface area contributed by atoms with E-state index in [1.807, 2.05) is 10.6 Å². The van der Waals surface area contributed by atoms with Crippen molar-refractivity contribution in [1.29, 1.82) is 0 Å². The molecule has 1 aliphatic rings. The van der Waals surface area contributed by atoms with Gasteiger partial charge in [0.15, 0.2) is 5.82 Å². The number of aromatic nitrogens is 2. The monoisotopic (exact) mass is 219 g/mol. The first-order valence-electron chi connectivity index (χ1n) is 5.49. The summed E-state index contributed by atoms with van der Waals surface area (Å²) in [6.45, 7) is 3.05. The maximum absolute atomic E-state index is 13.5. The van der Waals surface area contributed by atoms with Gasteiger partial charge in [0.05, 0.1) is 5.52 Å². The number of hydrogen-bond acceptors (Lipinski definition) is 2. The van der Waals surface area contributed by atoms with Crippen LogP contribution < -0.4 is 5.73 Å². The van der Waals surface area contributed by atoms with Crippen LogP contribution in [0.5, 0.6) is 0 Å². The summed E-state index contributed by atoms with van der Waals surface area (Å²) in [4.78, 5) is 4.09. The first-order chi connectivity index (χ1) is 7.59. The Kier molecular flexibility index (Phi) is 1.79. The molecule has 0 radical (unpaired) electrons. The summed E-state index contributed by atoms with van der Waals surface area (Å²) in [6.07, 6.45) is 2.42. The standard InChI is InChI=1S/C12H14FN3/c1-12(5-6-12)7-16-9-4-2-3-8(13)10(9)15-11(16)14/h2-4H,5-7H2,1H3,(H2,14,15). The Labute approximate surface area is 93.1 Å². The third-order valence-corrected chi connectivity index (χ3v) is 3.40. The molecular formula is C12H14FN3. The molecule has 0 aliphatic heterocycles. The van der Waals surface area contributed by atoms with Crippen molar-refractivity contribution in [1.82, 2.24) is 9.55 Å². The molecule has 84 valence electrons. The Hall–Kier alpha value is -1.58. The highest BCUT2D eigenvalue weighted by molar-refractivity contribution is 5.78. The zero-order valence-electron chi connectivity index (χ0n) is 9.20. The van der Waals surface area contributed by atoms with Gasteiger partial charge in [0, 0.05) is 6.54 Å². The second-order valence-corrected chi connectivity index (χ2v) is 4.97. The summed E-state index contributed by atoms with van der Waals surface area (Å²) >= 11 is 0. The van der Waals surface area contributed by atoms with Gasteiger partial charge in [0.2, 0.25) is 5.95 Å². The predicted octanol–water partition coefficient (Wildman–Crippen LogP) is 2.56. The molecule has 0 unspecified atom stereocenters. The highest BCUT2D eigenvalue weighted by Crippen LogP contribution is 2.47. The van der Waals surface area contributed by atoms with Crippen molar-refractivity contribution in [2.75, 3.05) is 5.73 Å². The quantitative estimate of drug-likeness (QED) is 0.843. The minimum Gasteiger partial charge on any atom is -0.369 e. The van der Waals surface area contributed by atoms with Gasteiger partial charge in [-0.25, -0.2) is 9.37 Å². The number of nitrogen functional groups attached to an aromatic ring is 1. The highest BCUT2D eigenvalue weighted by atomic mass is 19.1. The normalized spacial score (nSPS) is 17.9. The first kappa shape index (κ1) is 9.63. The molecule has 1 fully saturated rings. The van der Waals surface area contributed by atoms with Crippen LogP contribution in [-0.4, -0.2) is 9.55 Å². The topological polar surface area (TPSA) is 43.8 Å². The van der Waals surface area contributed by atoms with Crippen LogP contribution in [0.1, 0.15) is 19.8 Å². The maximum Gasteiger partial charge on any atom is 0.201 e. The number of rotatable bonds is 2. The average Bonchev–Trinajstić information content (AvgIpc) is 2.88. The number of fused-ring (bicyclic) bond motifs is 1. The Morgan fingerprint density at radius 2 is 2.25 bits per heavy atom. The Balaban J connectivity index is 2.15. The molecule has 3 rings (SSSR count). The van der Waals surface area contributed by atoms with Gasteiger partial charge in [0.1, 0.15) is 5.52 Å². The van der Waals surface area contributed by atoms with Crippen molar-refractivity contribution in [2.24, 2.45) is 5.41 Å². The van der Waals surface area contributed by atoms with Crippen molar-refractivity contribution in [3.63, 3.8) is 0 Å². The molecule has 2 N–H and O–H groups in total. The number of nitrogens with zero attached hydrogens (tertiary/aromatic N) is 2. The molecule has 1 aromatic carbocycles. The van der Waals surface area contributed by atoms with Crippen LogP contribution in [0.15, 0.2) is 18.2 Å². The second-order valence-electron chi connectivity index (χ2n) is 4.97. The van der Waals surface area contributed by atoms with E-state index in [9.17, 15) is 4.39 Å². The van der Waals surface area contributed by atoms with E-state index in [1.165, 1.54) is 18.9 Å². The summed E-state index contributed by atoms with van der Waals surface area (Å²) in [5.74, 6) is 0.108. The van der Waals surface area contributed by atoms with E-state index in [1.54, 1.807) is 6.07 Å². The van der Waals surface area contributed by atoms with Crippen LogP contribution >= 0.6 is 0 Å². The lowest BCUT2D eigenvalue weighted by Crippen LogP contribution is -2.10. The van der Waals surface area contributed by atoms with Gasteiger partial charge in [-0.2, -0.15) is 0 Å². The predicted molar refractivity (Wildman–Crippen MR) is 61.4 cm³/mol. The number of halogens is 1. The molecule has 2 aromatic rings. The number of nitrogens with two attached hydrogens (primary N) is 1. The number of benzene rings is 1. The van der Waals surface area contributed by atoms with E-state index in [4.69, 9.17) is 5.73 Å². The summed E-state index contributed by atoms with van der Waals surface area (Å²) in [7, 11) is 0. The van der Waals surface area contributed by atoms with Gasteiger partial charge in [-0.15, -0.1) is 0 Å². The largest absolute Gasteiger partial charge is 0.369 e. The average molecular weight is 219 g/mol. The smallest absolute Gasteiger partial charge is 0.201 e. The van der Waals surface area contributed by atoms with Gasteiger partial charge in [-0.1, -0.05) is 13.0 Å². The molecule has 0 spiro atoms. The Morgan fingerprint density at radius 1 is 1.50 bits per heavy atom. The van der Waals surface area contributed by atoms with Crippen molar-refractivity contribution in [3.8, 4) is 0 Å². The van der Waals surface area contributed by atoms with E-state index in [2.05, 4.69) is 11.9 Å². The van der Waals surface area contributed by atoms with Gasteiger partial charge in [-0.05, 0) is 30.4 Å². The molecule has 1 aliphatic carbocycles. The fraction of sp³-hybridized carbons (Fsp3) is 0.417. The molecule has 0 saturated heterocycles. The zero-order valence-corrected chi connectivity index (χ0v) is 9.20. The zero-order chi connectivity index (χ0) is 11.3. The van der Waals surface area contributed by atoms with Crippen LogP contribution in [0.25, 0.3) is 11.0 Å². The van der Waals surface area contributed by atoms with E-state index in [-0.39, 0.29) is 5.82 Å². The van der Waals surface area contributed by atoms with Gasteiger partial charge < -0.3 is 10.3 Å². The van der Waals surface area contributed by atoms with Crippen molar-refractivity contribution >= 4 is 17.0 Å². The molecule has 4 heteroatoms. The second kappa shape index (κ2) is 2.97. The molecule has 0 atom stereocenters. The minimum absolute atomic E-state index is 0.302. The SMILES string of the molecule is CC1(Cn2c(N)nc3c(F)cccc32)CC1. The lowest BCUT2D eigenvalue weighted by molar-refractivity contribution is 0.476. The fourth-order valence-corrected chi connectivity index (χ4v) is 2.05. The van der Waals surface area contributed by atoms with E-state index in [0.717, 1.165) is 12.1 Å². The van der Waals surface area contributed by atoms with Crippen molar-refractivity contribution < 1.29 is 4.39 Å². The molecular weight excluding hydrogens is 205 g/mol. The molecule has 16 heavy (non-hydrogen) atoms. The number of hydrogen-bond donors (Lipinski definition) is 1. The molecule has 3 nitrogen and oxygen atoms in total. The number of imidazole rings is 1. The van der Waals surface area contributed by atoms with Crippen molar-refractivity contribution in [2.45, 2.75) is 26.3 Å². The summed E-state index contributed by atoms with van der Waals surface area (Å²) in [6, 6.07) is 4.98. The van der Waals surface area contributed by atoms with Crippen LogP contribution in [0.4, 0.5) is 10.3 Å². The van der Waals surface area contributed by atoms with Crippen LogP contribution in [0, 0.1) is 11.2 Å². The summed E-state index contributed by atoms with van der Waals surface area (Å²) in [5, 5.41) is 0.